The number of hydrogen-bond acceptors (Lipinski definition) is 2. The molecule has 3 aromatic heterocycles. The topological polar surface area (TPSA) is 46.5 Å². The number of benzene rings is 4. The molecule has 0 bridgehead atoms. The van der Waals surface area contributed by atoms with E-state index in [2.05, 4.69) is 149 Å². The molecule has 0 saturated carbocycles. The first kappa shape index (κ1) is 29.0. The molecule has 4 heteroatoms. The van der Waals surface area contributed by atoms with Crippen molar-refractivity contribution in [3.8, 4) is 33.8 Å². The monoisotopic (exact) mass is 590 g/mol. The van der Waals surface area contributed by atoms with Crippen LogP contribution < -0.4 is 0 Å². The molecule has 1 N–H and O–H groups in total. The van der Waals surface area contributed by atoms with E-state index in [1.807, 2.05) is 18.3 Å². The minimum absolute atomic E-state index is 0.0279. The first-order valence-corrected chi connectivity index (χ1v) is 16.0. The number of pyridine rings is 1. The van der Waals surface area contributed by atoms with Gasteiger partial charge in [0.05, 0.1) is 22.2 Å². The van der Waals surface area contributed by atoms with Crippen molar-refractivity contribution >= 4 is 32.8 Å². The Labute approximate surface area is 266 Å². The Bertz CT molecular complexity index is 2200. The number of aromatic nitrogens is 4. The third-order valence-corrected chi connectivity index (χ3v) is 9.05. The lowest BCUT2D eigenvalue weighted by atomic mass is 9.84. The average Bonchev–Trinajstić information content (AvgIpc) is 3.59. The number of imidazole rings is 1. The third kappa shape index (κ3) is 5.03. The normalized spacial score (nSPS) is 12.6. The number of H-pyrrole nitrogens is 1. The van der Waals surface area contributed by atoms with Gasteiger partial charge in [-0.1, -0.05) is 84.0 Å². The highest BCUT2D eigenvalue weighted by molar-refractivity contribution is 6.12. The molecule has 0 fully saturated rings. The summed E-state index contributed by atoms with van der Waals surface area (Å²) < 4.78 is 2.41. The van der Waals surface area contributed by atoms with Crippen molar-refractivity contribution in [3.63, 3.8) is 0 Å². The molecule has 0 radical (unpaired) electrons. The second kappa shape index (κ2) is 10.4. The van der Waals surface area contributed by atoms with E-state index >= 15 is 0 Å². The van der Waals surface area contributed by atoms with Gasteiger partial charge in [0.25, 0.3) is 0 Å². The summed E-state index contributed by atoms with van der Waals surface area (Å²) in [6.07, 6.45) is 1.85. The van der Waals surface area contributed by atoms with Crippen molar-refractivity contribution in [3.05, 3.63) is 108 Å². The number of rotatable bonds is 4. The summed E-state index contributed by atoms with van der Waals surface area (Å²) in [7, 11) is 0. The molecular weight excluding hydrogens is 548 g/mol. The van der Waals surface area contributed by atoms with Gasteiger partial charge in [-0.05, 0) is 89.9 Å². The van der Waals surface area contributed by atoms with Gasteiger partial charge in [-0.3, -0.25) is 4.98 Å². The first-order valence-electron chi connectivity index (χ1n) is 16.0. The Morgan fingerprint density at radius 1 is 0.667 bits per heavy atom. The largest absolute Gasteiger partial charge is 0.354 e. The highest BCUT2D eigenvalue weighted by Gasteiger charge is 2.25. The van der Waals surface area contributed by atoms with E-state index in [0.717, 1.165) is 55.8 Å². The summed E-state index contributed by atoms with van der Waals surface area (Å²) in [5.74, 6) is 0.993. The molecule has 0 aliphatic rings. The number of nitrogens with one attached hydrogen (secondary N) is 1. The summed E-state index contributed by atoms with van der Waals surface area (Å²) in [4.78, 5) is 13.9. The van der Waals surface area contributed by atoms with Gasteiger partial charge in [0, 0.05) is 45.2 Å². The molecule has 0 aliphatic carbocycles. The van der Waals surface area contributed by atoms with Gasteiger partial charge < -0.3 is 9.55 Å². The predicted octanol–water partition coefficient (Wildman–Crippen LogP) is 11.2. The molecular formula is C41H42N4. The van der Waals surface area contributed by atoms with E-state index in [1.54, 1.807) is 0 Å². The van der Waals surface area contributed by atoms with Gasteiger partial charge in [0.15, 0.2) is 0 Å². The Morgan fingerprint density at radius 3 is 2.11 bits per heavy atom. The molecule has 0 saturated heterocycles. The molecule has 4 nitrogen and oxygen atoms in total. The van der Waals surface area contributed by atoms with E-state index in [4.69, 9.17) is 4.98 Å². The maximum atomic E-state index is 5.51. The summed E-state index contributed by atoms with van der Waals surface area (Å²) in [6.45, 7) is 18.2. The molecule has 0 aliphatic heterocycles. The van der Waals surface area contributed by atoms with Crippen LogP contribution in [0.3, 0.4) is 0 Å². The Kier molecular flexibility index (Phi) is 6.74. The average molecular weight is 591 g/mol. The predicted molar refractivity (Wildman–Crippen MR) is 191 cm³/mol. The molecule has 226 valence electrons. The first-order chi connectivity index (χ1) is 21.4. The summed E-state index contributed by atoms with van der Waals surface area (Å²) in [5.41, 5.74) is 12.6. The van der Waals surface area contributed by atoms with Gasteiger partial charge in [-0.2, -0.15) is 0 Å². The number of para-hydroxylation sites is 1. The highest BCUT2D eigenvalue weighted by atomic mass is 15.1. The third-order valence-electron chi connectivity index (χ3n) is 9.05. The molecule has 4 aromatic carbocycles. The Hall–Kier alpha value is -4.70. The van der Waals surface area contributed by atoms with E-state index < -0.39 is 0 Å². The van der Waals surface area contributed by atoms with E-state index in [-0.39, 0.29) is 16.9 Å². The van der Waals surface area contributed by atoms with Gasteiger partial charge in [-0.25, -0.2) is 4.98 Å². The zero-order valence-electron chi connectivity index (χ0n) is 27.7. The van der Waals surface area contributed by atoms with Crippen LogP contribution in [0.25, 0.3) is 66.6 Å². The van der Waals surface area contributed by atoms with Crippen molar-refractivity contribution in [2.75, 3.05) is 0 Å². The summed E-state index contributed by atoms with van der Waals surface area (Å²) in [6, 6.07) is 33.1. The minimum atomic E-state index is -0.0279. The lowest BCUT2D eigenvalue weighted by Gasteiger charge is -2.22. The van der Waals surface area contributed by atoms with Gasteiger partial charge in [0.1, 0.15) is 5.82 Å². The van der Waals surface area contributed by atoms with Crippen LogP contribution in [0, 0.1) is 0 Å². The van der Waals surface area contributed by atoms with E-state index in [0.29, 0.717) is 0 Å². The Morgan fingerprint density at radius 2 is 1.40 bits per heavy atom. The molecule has 0 amide bonds. The number of hydrogen-bond donors (Lipinski definition) is 1. The van der Waals surface area contributed by atoms with Crippen molar-refractivity contribution in [2.45, 2.75) is 72.3 Å². The molecule has 0 spiro atoms. The van der Waals surface area contributed by atoms with Crippen LogP contribution in [0.2, 0.25) is 0 Å². The Balaban J connectivity index is 1.51. The zero-order valence-corrected chi connectivity index (χ0v) is 27.7. The van der Waals surface area contributed by atoms with E-state index in [1.165, 1.54) is 21.9 Å². The lowest BCUT2D eigenvalue weighted by molar-refractivity contribution is 0.590. The van der Waals surface area contributed by atoms with Crippen LogP contribution in [0.1, 0.15) is 72.6 Å². The molecule has 45 heavy (non-hydrogen) atoms. The van der Waals surface area contributed by atoms with Gasteiger partial charge in [-0.15, -0.1) is 0 Å². The zero-order chi connectivity index (χ0) is 31.7. The SMILES string of the molecule is CC(C)n1c(-c2cc(C(C)(C)C)cc3c2[nH]c2ccc(C(C)(C)C)cc23)nc2c(-c3cccc(-c4ccccn4)c3)cccc21. The smallest absolute Gasteiger partial charge is 0.143 e. The van der Waals surface area contributed by atoms with Crippen molar-refractivity contribution in [2.24, 2.45) is 0 Å². The summed E-state index contributed by atoms with van der Waals surface area (Å²) in [5, 5.41) is 2.52. The molecule has 3 heterocycles. The van der Waals surface area contributed by atoms with Crippen LogP contribution >= 0.6 is 0 Å². The second-order valence-electron chi connectivity index (χ2n) is 14.7. The van der Waals surface area contributed by atoms with Crippen LogP contribution in [-0.4, -0.2) is 19.5 Å². The van der Waals surface area contributed by atoms with Crippen molar-refractivity contribution in [1.82, 2.24) is 19.5 Å². The standard InChI is InChI=1S/C41H42N4/c1-25(2)45-36-17-12-15-30(26-13-11-14-27(21-26)34-16-9-10-20-42-34)38(36)44-39(45)33-24-29(41(6,7)8)23-32-31-22-28(40(3,4)5)18-19-35(31)43-37(32)33/h9-25,43H,1-8H3. The van der Waals surface area contributed by atoms with Crippen LogP contribution in [0.4, 0.5) is 0 Å². The fourth-order valence-electron chi connectivity index (χ4n) is 6.52. The van der Waals surface area contributed by atoms with Crippen LogP contribution in [0.15, 0.2) is 97.2 Å². The number of fused-ring (bicyclic) bond motifs is 4. The van der Waals surface area contributed by atoms with Gasteiger partial charge >= 0.3 is 0 Å². The summed E-state index contributed by atoms with van der Waals surface area (Å²) >= 11 is 0. The van der Waals surface area contributed by atoms with Crippen LogP contribution in [-0.2, 0) is 10.8 Å². The van der Waals surface area contributed by atoms with E-state index in [9.17, 15) is 0 Å². The van der Waals surface area contributed by atoms with Crippen LogP contribution in [0.5, 0.6) is 0 Å². The van der Waals surface area contributed by atoms with Crippen molar-refractivity contribution < 1.29 is 0 Å². The maximum Gasteiger partial charge on any atom is 0.143 e. The quantitative estimate of drug-likeness (QED) is 0.222. The second-order valence-corrected chi connectivity index (χ2v) is 14.7. The van der Waals surface area contributed by atoms with Crippen molar-refractivity contribution in [1.29, 1.82) is 0 Å². The fourth-order valence-corrected chi connectivity index (χ4v) is 6.52. The molecule has 7 rings (SSSR count). The fraction of sp³-hybridized carbons (Fsp3) is 0.268. The van der Waals surface area contributed by atoms with Gasteiger partial charge in [0.2, 0.25) is 0 Å². The highest BCUT2D eigenvalue weighted by Crippen LogP contribution is 2.42. The lowest BCUT2D eigenvalue weighted by Crippen LogP contribution is -2.12. The molecule has 0 atom stereocenters. The molecule has 7 aromatic rings. The number of nitrogens with zero attached hydrogens (tertiary/aromatic N) is 3. The molecule has 0 unspecified atom stereocenters. The minimum Gasteiger partial charge on any atom is -0.354 e. The number of aromatic amines is 1. The maximum absolute atomic E-state index is 5.51.